The van der Waals surface area contributed by atoms with Gasteiger partial charge in [0.1, 0.15) is 11.6 Å². The molecule has 2 N–H and O–H groups in total. The molecule has 146 valence electrons. The molecular formula is C15H25F3N2O5. The van der Waals surface area contributed by atoms with E-state index in [0.29, 0.717) is 13.0 Å². The number of nitrogens with one attached hydrogen (secondary N) is 1. The summed E-state index contributed by atoms with van der Waals surface area (Å²) in [6.07, 6.45) is -5.19. The number of carbonyl (C=O) groups excluding carboxylic acids is 1. The molecule has 3 atom stereocenters. The van der Waals surface area contributed by atoms with Gasteiger partial charge in [0.25, 0.3) is 6.43 Å². The molecule has 0 spiro atoms. The average Bonchev–Trinajstić information content (AvgIpc) is 2.92. The zero-order valence-corrected chi connectivity index (χ0v) is 14.5. The number of rotatable bonds is 8. The zero-order valence-electron chi connectivity index (χ0n) is 14.5. The fraction of sp³-hybridized carbons (Fsp3) is 0.867. The van der Waals surface area contributed by atoms with Gasteiger partial charge in [0.2, 0.25) is 6.30 Å². The van der Waals surface area contributed by atoms with E-state index in [1.807, 2.05) is 0 Å². The molecule has 1 fully saturated rings. The van der Waals surface area contributed by atoms with Gasteiger partial charge in [0, 0.05) is 6.54 Å². The van der Waals surface area contributed by atoms with Crippen LogP contribution in [0.15, 0.2) is 0 Å². The van der Waals surface area contributed by atoms with E-state index in [1.165, 1.54) is 4.90 Å². The highest BCUT2D eigenvalue weighted by atomic mass is 19.3. The lowest BCUT2D eigenvalue weighted by atomic mass is 10.2. The van der Waals surface area contributed by atoms with E-state index in [-0.39, 0.29) is 12.6 Å². The normalized spacial score (nSPS) is 20.6. The molecule has 0 radical (unpaired) electrons. The molecule has 1 aliphatic heterocycles. The summed E-state index contributed by atoms with van der Waals surface area (Å²) in [7, 11) is 0. The largest absolute Gasteiger partial charge is 0.480 e. The summed E-state index contributed by atoms with van der Waals surface area (Å²) in [4.78, 5) is 24.6. The maximum Gasteiger partial charge on any atom is 0.410 e. The SMILES string of the molecule is CC(C)(C)OC(=O)N1CCC[C@@H]1COC[C@H](NC(F)C(F)F)C(=O)O. The second-order valence-electron chi connectivity index (χ2n) is 6.80. The summed E-state index contributed by atoms with van der Waals surface area (Å²) in [6.45, 7) is 5.23. The molecule has 0 aromatic rings. The second-order valence-corrected chi connectivity index (χ2v) is 6.80. The Labute approximate surface area is 144 Å². The minimum absolute atomic E-state index is 0.0103. The number of nitrogens with zero attached hydrogens (tertiary/aromatic N) is 1. The van der Waals surface area contributed by atoms with Crippen molar-refractivity contribution in [3.05, 3.63) is 0 Å². The number of amides is 1. The molecule has 1 aliphatic rings. The Kier molecular flexibility index (Phi) is 7.94. The first-order chi connectivity index (χ1) is 11.5. The Morgan fingerprint density at radius 2 is 1.96 bits per heavy atom. The van der Waals surface area contributed by atoms with Gasteiger partial charge in [-0.3, -0.25) is 10.1 Å². The lowest BCUT2D eigenvalue weighted by Crippen LogP contribution is -2.48. The van der Waals surface area contributed by atoms with Crippen LogP contribution in [0.5, 0.6) is 0 Å². The van der Waals surface area contributed by atoms with Gasteiger partial charge >= 0.3 is 12.1 Å². The minimum atomic E-state index is -3.33. The summed E-state index contributed by atoms with van der Waals surface area (Å²) in [5, 5.41) is 10.6. The van der Waals surface area contributed by atoms with Crippen molar-refractivity contribution in [2.24, 2.45) is 0 Å². The molecule has 25 heavy (non-hydrogen) atoms. The highest BCUT2D eigenvalue weighted by molar-refractivity contribution is 5.73. The fourth-order valence-corrected chi connectivity index (χ4v) is 2.35. The topological polar surface area (TPSA) is 88.1 Å². The van der Waals surface area contributed by atoms with Gasteiger partial charge < -0.3 is 19.5 Å². The number of carboxylic acid groups (broad SMARTS) is 1. The highest BCUT2D eigenvalue weighted by Gasteiger charge is 2.33. The number of carboxylic acids is 1. The van der Waals surface area contributed by atoms with Crippen LogP contribution in [-0.4, -0.2) is 72.2 Å². The van der Waals surface area contributed by atoms with Crippen molar-refractivity contribution < 1.29 is 37.3 Å². The first kappa shape index (κ1) is 21.5. The van der Waals surface area contributed by atoms with E-state index in [0.717, 1.165) is 6.42 Å². The maximum absolute atomic E-state index is 12.9. The van der Waals surface area contributed by atoms with Crippen LogP contribution < -0.4 is 5.32 Å². The van der Waals surface area contributed by atoms with Gasteiger partial charge in [-0.05, 0) is 33.6 Å². The first-order valence-corrected chi connectivity index (χ1v) is 7.99. The van der Waals surface area contributed by atoms with Crippen LogP contribution in [0.3, 0.4) is 0 Å². The summed E-state index contributed by atoms with van der Waals surface area (Å²) in [5.41, 5.74) is -0.644. The predicted molar refractivity (Wildman–Crippen MR) is 82.2 cm³/mol. The molecule has 1 saturated heterocycles. The molecule has 0 aromatic carbocycles. The Morgan fingerprint density at radius 3 is 2.48 bits per heavy atom. The third kappa shape index (κ3) is 7.47. The fourth-order valence-electron chi connectivity index (χ4n) is 2.35. The molecule has 0 aromatic heterocycles. The number of hydrogen-bond acceptors (Lipinski definition) is 5. The van der Waals surface area contributed by atoms with Gasteiger partial charge in [-0.25, -0.2) is 18.0 Å². The number of aliphatic carboxylic acids is 1. The Hall–Kier alpha value is -1.55. The van der Waals surface area contributed by atoms with E-state index in [2.05, 4.69) is 0 Å². The van der Waals surface area contributed by atoms with Gasteiger partial charge in [-0.2, -0.15) is 0 Å². The van der Waals surface area contributed by atoms with Crippen LogP contribution in [0.25, 0.3) is 0 Å². The van der Waals surface area contributed by atoms with E-state index >= 15 is 0 Å². The molecule has 0 bridgehead atoms. The number of hydrogen-bond donors (Lipinski definition) is 2. The van der Waals surface area contributed by atoms with Gasteiger partial charge in [-0.15, -0.1) is 0 Å². The molecular weight excluding hydrogens is 345 g/mol. The number of likely N-dealkylation sites (tertiary alicyclic amines) is 1. The lowest BCUT2D eigenvalue weighted by molar-refractivity contribution is -0.142. The van der Waals surface area contributed by atoms with E-state index in [4.69, 9.17) is 14.6 Å². The van der Waals surface area contributed by atoms with Crippen LogP contribution in [0, 0.1) is 0 Å². The second kappa shape index (κ2) is 9.23. The lowest BCUT2D eigenvalue weighted by Gasteiger charge is -2.28. The van der Waals surface area contributed by atoms with Crippen molar-refractivity contribution in [2.75, 3.05) is 19.8 Å². The Bertz CT molecular complexity index is 459. The molecule has 7 nitrogen and oxygen atoms in total. The van der Waals surface area contributed by atoms with E-state index in [1.54, 1.807) is 26.1 Å². The van der Waals surface area contributed by atoms with Crippen LogP contribution in [0.2, 0.25) is 0 Å². The number of alkyl halides is 3. The van der Waals surface area contributed by atoms with Gasteiger partial charge in [-0.1, -0.05) is 0 Å². The van der Waals surface area contributed by atoms with Gasteiger partial charge in [0.05, 0.1) is 19.3 Å². The Morgan fingerprint density at radius 1 is 1.32 bits per heavy atom. The van der Waals surface area contributed by atoms with Gasteiger partial charge in [0.15, 0.2) is 0 Å². The summed E-state index contributed by atoms with van der Waals surface area (Å²) in [6, 6.07) is -1.92. The number of halogens is 3. The van der Waals surface area contributed by atoms with Crippen molar-refractivity contribution >= 4 is 12.1 Å². The summed E-state index contributed by atoms with van der Waals surface area (Å²) in [5.74, 6) is -1.50. The first-order valence-electron chi connectivity index (χ1n) is 7.99. The third-order valence-corrected chi connectivity index (χ3v) is 3.48. The van der Waals surface area contributed by atoms with E-state index in [9.17, 15) is 22.8 Å². The quantitative estimate of drug-likeness (QED) is 0.636. The summed E-state index contributed by atoms with van der Waals surface area (Å²) >= 11 is 0. The number of carbonyl (C=O) groups is 2. The molecule has 0 aliphatic carbocycles. The van der Waals surface area contributed by atoms with Crippen molar-refractivity contribution in [1.82, 2.24) is 10.2 Å². The van der Waals surface area contributed by atoms with Crippen LogP contribution in [-0.2, 0) is 14.3 Å². The highest BCUT2D eigenvalue weighted by Crippen LogP contribution is 2.21. The van der Waals surface area contributed by atoms with Crippen LogP contribution >= 0.6 is 0 Å². The minimum Gasteiger partial charge on any atom is -0.480 e. The molecule has 1 amide bonds. The smallest absolute Gasteiger partial charge is 0.410 e. The maximum atomic E-state index is 12.9. The third-order valence-electron chi connectivity index (χ3n) is 3.48. The van der Waals surface area contributed by atoms with Crippen LogP contribution in [0.1, 0.15) is 33.6 Å². The Balaban J connectivity index is 2.49. The number of ether oxygens (including phenoxy) is 2. The summed E-state index contributed by atoms with van der Waals surface area (Å²) < 4.78 is 47.8. The zero-order chi connectivity index (χ0) is 19.2. The van der Waals surface area contributed by atoms with E-state index < -0.39 is 43.0 Å². The van der Waals surface area contributed by atoms with Crippen molar-refractivity contribution in [3.8, 4) is 0 Å². The van der Waals surface area contributed by atoms with Crippen LogP contribution in [0.4, 0.5) is 18.0 Å². The molecule has 0 saturated carbocycles. The molecule has 1 unspecified atom stereocenters. The molecule has 1 rings (SSSR count). The van der Waals surface area contributed by atoms with Crippen molar-refractivity contribution in [2.45, 2.75) is 64.0 Å². The van der Waals surface area contributed by atoms with Crippen molar-refractivity contribution in [3.63, 3.8) is 0 Å². The predicted octanol–water partition coefficient (Wildman–Crippen LogP) is 2.01. The molecule has 10 heteroatoms. The van der Waals surface area contributed by atoms with Crippen molar-refractivity contribution in [1.29, 1.82) is 0 Å². The molecule has 1 heterocycles. The monoisotopic (exact) mass is 370 g/mol. The standard InChI is InChI=1S/C15H25F3N2O5/c1-15(2,3)25-14(23)20-6-4-5-9(20)7-24-8-10(13(21)22)19-12(18)11(16)17/h9-12,19H,4-8H2,1-3H3,(H,21,22)/t9-,10+,12?/m1/s1. The average molecular weight is 370 g/mol.